The predicted octanol–water partition coefficient (Wildman–Crippen LogP) is 5.24. The molecule has 2 amide bonds. The highest BCUT2D eigenvalue weighted by Crippen LogP contribution is 2.30. The van der Waals surface area contributed by atoms with Crippen molar-refractivity contribution < 1.29 is 9.59 Å². The molecule has 1 aromatic heterocycles. The summed E-state index contributed by atoms with van der Waals surface area (Å²) in [6.07, 6.45) is 0. The highest BCUT2D eigenvalue weighted by atomic mass is 32.1. The highest BCUT2D eigenvalue weighted by Gasteiger charge is 2.16. The number of aryl methyl sites for hydroxylation is 1. The number of hydrogen-bond donors (Lipinski definition) is 2. The number of carbonyl (C=O) groups excluding carboxylic acids is 2. The Balaban J connectivity index is 1.87. The molecule has 0 fully saturated rings. The molecule has 1 heterocycles. The molecule has 3 rings (SSSR count). The van der Waals surface area contributed by atoms with Gasteiger partial charge in [-0.3, -0.25) is 9.59 Å². The molecule has 5 heteroatoms. The van der Waals surface area contributed by atoms with Crippen molar-refractivity contribution in [2.75, 3.05) is 10.6 Å². The quantitative estimate of drug-likeness (QED) is 0.665. The molecule has 0 aliphatic carbocycles. The van der Waals surface area contributed by atoms with Crippen LogP contribution < -0.4 is 10.6 Å². The summed E-state index contributed by atoms with van der Waals surface area (Å²) in [6, 6.07) is 15.5. The fourth-order valence-corrected chi connectivity index (χ4v) is 3.53. The van der Waals surface area contributed by atoms with Gasteiger partial charge in [0.1, 0.15) is 0 Å². The lowest BCUT2D eigenvalue weighted by Gasteiger charge is -2.13. The van der Waals surface area contributed by atoms with Gasteiger partial charge in [-0.25, -0.2) is 0 Å². The smallest absolute Gasteiger partial charge is 0.266 e. The Bertz CT molecular complexity index is 958. The molecule has 3 aromatic rings. The second-order valence-electron chi connectivity index (χ2n) is 6.14. The van der Waals surface area contributed by atoms with Gasteiger partial charge in [0, 0.05) is 23.9 Å². The first-order chi connectivity index (χ1) is 12.5. The standard InChI is InChI=1S/C21H20N2O2S/c1-13-7-9-16(10-8-13)17-11-12-26-20(17)21(25)23-19-6-4-5-18(14(19)2)22-15(3)24/h4-12H,1-3H3,(H,22,24)(H,23,25). The van der Waals surface area contributed by atoms with Crippen molar-refractivity contribution in [1.29, 1.82) is 0 Å². The van der Waals surface area contributed by atoms with Crippen molar-refractivity contribution in [1.82, 2.24) is 0 Å². The topological polar surface area (TPSA) is 58.2 Å². The lowest BCUT2D eigenvalue weighted by atomic mass is 10.0. The summed E-state index contributed by atoms with van der Waals surface area (Å²) < 4.78 is 0. The molecule has 0 atom stereocenters. The minimum Gasteiger partial charge on any atom is -0.326 e. The van der Waals surface area contributed by atoms with Crippen LogP contribution in [0.25, 0.3) is 11.1 Å². The molecule has 0 saturated carbocycles. The van der Waals surface area contributed by atoms with Crippen molar-refractivity contribution in [2.24, 2.45) is 0 Å². The number of thiophene rings is 1. The first-order valence-electron chi connectivity index (χ1n) is 8.29. The number of hydrogen-bond acceptors (Lipinski definition) is 3. The lowest BCUT2D eigenvalue weighted by Crippen LogP contribution is -2.14. The van der Waals surface area contributed by atoms with Gasteiger partial charge >= 0.3 is 0 Å². The van der Waals surface area contributed by atoms with E-state index in [4.69, 9.17) is 0 Å². The summed E-state index contributed by atoms with van der Waals surface area (Å²) in [6.45, 7) is 5.37. The average molecular weight is 364 g/mol. The van der Waals surface area contributed by atoms with Crippen LogP contribution >= 0.6 is 11.3 Å². The molecule has 26 heavy (non-hydrogen) atoms. The molecule has 132 valence electrons. The maximum Gasteiger partial charge on any atom is 0.266 e. The Morgan fingerprint density at radius 2 is 1.54 bits per heavy atom. The molecule has 2 aromatic carbocycles. The number of nitrogens with one attached hydrogen (secondary N) is 2. The Morgan fingerprint density at radius 3 is 2.19 bits per heavy atom. The van der Waals surface area contributed by atoms with Crippen molar-refractivity contribution in [3.63, 3.8) is 0 Å². The summed E-state index contributed by atoms with van der Waals surface area (Å²) in [4.78, 5) is 24.8. The normalized spacial score (nSPS) is 10.4. The molecule has 0 aliphatic heterocycles. The van der Waals surface area contributed by atoms with Gasteiger partial charge in [-0.15, -0.1) is 11.3 Å². The molecule has 0 unspecified atom stereocenters. The molecule has 2 N–H and O–H groups in total. The molecular weight excluding hydrogens is 344 g/mol. The van der Waals surface area contributed by atoms with Gasteiger partial charge in [-0.05, 0) is 48.6 Å². The van der Waals surface area contributed by atoms with E-state index in [0.717, 1.165) is 16.7 Å². The van der Waals surface area contributed by atoms with Gasteiger partial charge < -0.3 is 10.6 Å². The number of rotatable bonds is 4. The van der Waals surface area contributed by atoms with Crippen LogP contribution in [0.4, 0.5) is 11.4 Å². The zero-order valence-corrected chi connectivity index (χ0v) is 15.7. The first-order valence-corrected chi connectivity index (χ1v) is 9.17. The van der Waals surface area contributed by atoms with Gasteiger partial charge in [0.2, 0.25) is 5.91 Å². The second kappa shape index (κ2) is 7.54. The van der Waals surface area contributed by atoms with Gasteiger partial charge in [0.05, 0.1) is 4.88 Å². The Kier molecular flexibility index (Phi) is 5.19. The third-order valence-corrected chi connectivity index (χ3v) is 5.04. The zero-order chi connectivity index (χ0) is 18.7. The SMILES string of the molecule is CC(=O)Nc1cccc(NC(=O)c2sccc2-c2ccc(C)cc2)c1C. The van der Waals surface area contributed by atoms with E-state index in [1.165, 1.54) is 23.8 Å². The Labute approximate surface area is 156 Å². The summed E-state index contributed by atoms with van der Waals surface area (Å²) in [7, 11) is 0. The van der Waals surface area contributed by atoms with Crippen molar-refractivity contribution in [3.8, 4) is 11.1 Å². The van der Waals surface area contributed by atoms with E-state index in [9.17, 15) is 9.59 Å². The fraction of sp³-hybridized carbons (Fsp3) is 0.143. The largest absolute Gasteiger partial charge is 0.326 e. The van der Waals surface area contributed by atoms with Crippen LogP contribution in [0.5, 0.6) is 0 Å². The van der Waals surface area contributed by atoms with Gasteiger partial charge in [-0.1, -0.05) is 35.9 Å². The fourth-order valence-electron chi connectivity index (χ4n) is 2.72. The highest BCUT2D eigenvalue weighted by molar-refractivity contribution is 7.12. The van der Waals surface area contributed by atoms with Crippen molar-refractivity contribution in [3.05, 3.63) is 69.9 Å². The minimum absolute atomic E-state index is 0.142. The third-order valence-electron chi connectivity index (χ3n) is 4.13. The zero-order valence-electron chi connectivity index (χ0n) is 14.9. The Hall–Kier alpha value is -2.92. The monoisotopic (exact) mass is 364 g/mol. The summed E-state index contributed by atoms with van der Waals surface area (Å²) in [5.41, 5.74) is 5.32. The van der Waals surface area contributed by atoms with Gasteiger partial charge in [-0.2, -0.15) is 0 Å². The maximum absolute atomic E-state index is 12.8. The molecule has 4 nitrogen and oxygen atoms in total. The van der Waals surface area contributed by atoms with Crippen LogP contribution in [-0.2, 0) is 4.79 Å². The van der Waals surface area contributed by atoms with E-state index in [2.05, 4.69) is 10.6 Å². The van der Waals surface area contributed by atoms with Crippen molar-refractivity contribution >= 4 is 34.5 Å². The number of anilines is 2. The summed E-state index contributed by atoms with van der Waals surface area (Å²) in [5, 5.41) is 7.67. The predicted molar refractivity (Wildman–Crippen MR) is 108 cm³/mol. The Morgan fingerprint density at radius 1 is 0.885 bits per heavy atom. The van der Waals surface area contributed by atoms with Crippen LogP contribution in [0.2, 0.25) is 0 Å². The van der Waals surface area contributed by atoms with E-state index in [1.807, 2.05) is 67.8 Å². The van der Waals surface area contributed by atoms with E-state index >= 15 is 0 Å². The second-order valence-corrected chi connectivity index (χ2v) is 7.06. The molecule has 0 spiro atoms. The molecule has 0 radical (unpaired) electrons. The maximum atomic E-state index is 12.8. The van der Waals surface area contributed by atoms with Gasteiger partial charge in [0.15, 0.2) is 0 Å². The van der Waals surface area contributed by atoms with Crippen LogP contribution in [0.15, 0.2) is 53.9 Å². The van der Waals surface area contributed by atoms with E-state index in [-0.39, 0.29) is 11.8 Å². The summed E-state index contributed by atoms with van der Waals surface area (Å²) in [5.74, 6) is -0.296. The number of amides is 2. The van der Waals surface area contributed by atoms with Crippen LogP contribution in [0.3, 0.4) is 0 Å². The molecular formula is C21H20N2O2S. The van der Waals surface area contributed by atoms with Crippen LogP contribution in [-0.4, -0.2) is 11.8 Å². The van der Waals surface area contributed by atoms with Crippen LogP contribution in [0, 0.1) is 13.8 Å². The summed E-state index contributed by atoms with van der Waals surface area (Å²) >= 11 is 1.41. The van der Waals surface area contributed by atoms with Crippen molar-refractivity contribution in [2.45, 2.75) is 20.8 Å². The average Bonchev–Trinajstić information content (AvgIpc) is 3.08. The van der Waals surface area contributed by atoms with E-state index < -0.39 is 0 Å². The third kappa shape index (κ3) is 3.83. The first kappa shape index (κ1) is 17.9. The van der Waals surface area contributed by atoms with E-state index in [1.54, 1.807) is 0 Å². The lowest BCUT2D eigenvalue weighted by molar-refractivity contribution is -0.114. The molecule has 0 saturated heterocycles. The van der Waals surface area contributed by atoms with Gasteiger partial charge in [0.25, 0.3) is 5.91 Å². The minimum atomic E-state index is -0.154. The van der Waals surface area contributed by atoms with E-state index in [0.29, 0.717) is 16.3 Å². The molecule has 0 aliphatic rings. The van der Waals surface area contributed by atoms with Crippen LogP contribution in [0.1, 0.15) is 27.7 Å². The number of benzene rings is 2. The molecule has 0 bridgehead atoms. The number of carbonyl (C=O) groups is 2.